The second-order valence-electron chi connectivity index (χ2n) is 7.89. The molecule has 28 heavy (non-hydrogen) atoms. The number of piperidine rings is 1. The van der Waals surface area contributed by atoms with Crippen LogP contribution >= 0.6 is 11.3 Å². The lowest BCUT2D eigenvalue weighted by Gasteiger charge is -2.31. The highest BCUT2D eigenvalue weighted by atomic mass is 32.1. The molecule has 1 aliphatic heterocycles. The molecule has 0 saturated carbocycles. The number of hydrogen-bond donors (Lipinski definition) is 0. The molecule has 1 saturated heterocycles. The van der Waals surface area contributed by atoms with E-state index in [4.69, 9.17) is 9.72 Å². The van der Waals surface area contributed by atoms with Gasteiger partial charge in [-0.1, -0.05) is 44.2 Å². The second kappa shape index (κ2) is 8.55. The van der Waals surface area contributed by atoms with E-state index in [1.54, 1.807) is 10.5 Å². The minimum atomic E-state index is -0.00439. The van der Waals surface area contributed by atoms with Crippen molar-refractivity contribution in [1.29, 1.82) is 0 Å². The van der Waals surface area contributed by atoms with Crippen molar-refractivity contribution in [2.24, 2.45) is 5.92 Å². The van der Waals surface area contributed by atoms with E-state index in [2.05, 4.69) is 18.7 Å². The molecule has 0 radical (unpaired) electrons. The van der Waals surface area contributed by atoms with E-state index < -0.39 is 0 Å². The van der Waals surface area contributed by atoms with Crippen LogP contribution in [-0.2, 0) is 11.3 Å². The number of aromatic nitrogens is 2. The van der Waals surface area contributed by atoms with Gasteiger partial charge in [0, 0.05) is 37.7 Å². The Kier molecular flexibility index (Phi) is 5.90. The average Bonchev–Trinajstić information content (AvgIpc) is 3.13. The van der Waals surface area contributed by atoms with Crippen molar-refractivity contribution in [3.05, 3.63) is 57.8 Å². The van der Waals surface area contributed by atoms with Crippen molar-refractivity contribution in [2.45, 2.75) is 39.3 Å². The number of thiazole rings is 1. The lowest BCUT2D eigenvalue weighted by atomic mass is 10.1. The van der Waals surface area contributed by atoms with Gasteiger partial charge < -0.3 is 4.74 Å². The monoisotopic (exact) mass is 397 g/mol. The number of ether oxygens (including phenoxy) is 1. The van der Waals surface area contributed by atoms with Crippen LogP contribution in [0.3, 0.4) is 0 Å². The Bertz CT molecular complexity index is 972. The Morgan fingerprint density at radius 1 is 1.21 bits per heavy atom. The van der Waals surface area contributed by atoms with Crippen molar-refractivity contribution >= 4 is 16.3 Å². The smallest absolute Gasteiger partial charge is 0.259 e. The van der Waals surface area contributed by atoms with Gasteiger partial charge in [0.1, 0.15) is 0 Å². The van der Waals surface area contributed by atoms with Crippen molar-refractivity contribution in [1.82, 2.24) is 14.3 Å². The fourth-order valence-electron chi connectivity index (χ4n) is 3.65. The summed E-state index contributed by atoms with van der Waals surface area (Å²) in [5.41, 5.74) is 2.80. The average molecular weight is 398 g/mol. The van der Waals surface area contributed by atoms with Crippen molar-refractivity contribution in [3.63, 3.8) is 0 Å². The predicted octanol–water partition coefficient (Wildman–Crippen LogP) is 4.06. The third-order valence-electron chi connectivity index (χ3n) is 5.11. The molecule has 0 unspecified atom stereocenters. The lowest BCUT2D eigenvalue weighted by molar-refractivity contribution is -0.00603. The van der Waals surface area contributed by atoms with Gasteiger partial charge in [-0.2, -0.15) is 0 Å². The van der Waals surface area contributed by atoms with Gasteiger partial charge in [-0.05, 0) is 24.3 Å². The summed E-state index contributed by atoms with van der Waals surface area (Å²) in [6.45, 7) is 7.91. The molecule has 0 N–H and O–H groups in total. The number of fused-ring (bicyclic) bond motifs is 1. The molecule has 6 heteroatoms. The zero-order chi connectivity index (χ0) is 19.5. The summed E-state index contributed by atoms with van der Waals surface area (Å²) in [6, 6.07) is 11.7. The lowest BCUT2D eigenvalue weighted by Crippen LogP contribution is -2.37. The zero-order valence-corrected chi connectivity index (χ0v) is 17.3. The van der Waals surface area contributed by atoms with Crippen LogP contribution < -0.4 is 5.56 Å². The van der Waals surface area contributed by atoms with E-state index in [0.29, 0.717) is 12.0 Å². The van der Waals surface area contributed by atoms with E-state index in [1.807, 2.05) is 35.7 Å². The van der Waals surface area contributed by atoms with Gasteiger partial charge in [0.25, 0.3) is 5.56 Å². The largest absolute Gasteiger partial charge is 0.378 e. The van der Waals surface area contributed by atoms with Gasteiger partial charge in [0.2, 0.25) is 0 Å². The maximum atomic E-state index is 12.8. The van der Waals surface area contributed by atoms with Crippen molar-refractivity contribution < 1.29 is 4.74 Å². The molecular formula is C22H27N3O2S. The molecule has 0 amide bonds. The third kappa shape index (κ3) is 4.35. The summed E-state index contributed by atoms with van der Waals surface area (Å²) >= 11 is 1.52. The molecular weight excluding hydrogens is 370 g/mol. The standard InChI is InChI=1S/C22H27N3O2S/c1-16(2)14-27-19-8-10-24(11-9-19)13-18-12-21(26)25-20(15-28-22(25)23-18)17-6-4-3-5-7-17/h3-7,12,15-16,19H,8-11,13-14H2,1-2H3. The Hall–Kier alpha value is -2.02. The minimum absolute atomic E-state index is 0.00439. The van der Waals surface area contributed by atoms with Crippen LogP contribution in [0.5, 0.6) is 0 Å². The summed E-state index contributed by atoms with van der Waals surface area (Å²) in [5.74, 6) is 0.577. The number of benzene rings is 1. The molecule has 0 aliphatic carbocycles. The van der Waals surface area contributed by atoms with Crippen LogP contribution in [0.25, 0.3) is 16.2 Å². The fraction of sp³-hybridized carbons (Fsp3) is 0.455. The normalized spacial score (nSPS) is 16.2. The Morgan fingerprint density at radius 2 is 1.96 bits per heavy atom. The summed E-state index contributed by atoms with van der Waals surface area (Å²) < 4.78 is 7.69. The molecule has 0 atom stereocenters. The van der Waals surface area contributed by atoms with Crippen LogP contribution in [0.2, 0.25) is 0 Å². The highest BCUT2D eigenvalue weighted by molar-refractivity contribution is 7.15. The number of hydrogen-bond acceptors (Lipinski definition) is 5. The Balaban J connectivity index is 1.46. The second-order valence-corrected chi connectivity index (χ2v) is 8.73. The van der Waals surface area contributed by atoms with E-state index in [1.165, 1.54) is 11.3 Å². The SMILES string of the molecule is CC(C)COC1CCN(Cc2cc(=O)n3c(-c4ccccc4)csc3n2)CC1. The van der Waals surface area contributed by atoms with E-state index >= 15 is 0 Å². The summed E-state index contributed by atoms with van der Waals surface area (Å²) in [4.78, 5) is 20.7. The highest BCUT2D eigenvalue weighted by Crippen LogP contribution is 2.24. The molecule has 0 bridgehead atoms. The summed E-state index contributed by atoms with van der Waals surface area (Å²) in [6.07, 6.45) is 2.46. The topological polar surface area (TPSA) is 46.8 Å². The van der Waals surface area contributed by atoms with Crippen molar-refractivity contribution in [2.75, 3.05) is 19.7 Å². The van der Waals surface area contributed by atoms with Gasteiger partial charge in [-0.25, -0.2) is 4.98 Å². The Labute approximate surface area is 169 Å². The van der Waals surface area contributed by atoms with Gasteiger partial charge in [-0.15, -0.1) is 11.3 Å². The molecule has 3 aromatic rings. The quantitative estimate of drug-likeness (QED) is 0.629. The maximum Gasteiger partial charge on any atom is 0.259 e. The minimum Gasteiger partial charge on any atom is -0.378 e. The molecule has 1 aliphatic rings. The molecule has 3 heterocycles. The van der Waals surface area contributed by atoms with Gasteiger partial charge in [-0.3, -0.25) is 14.1 Å². The first-order valence-electron chi connectivity index (χ1n) is 9.99. The van der Waals surface area contributed by atoms with Crippen LogP contribution in [0, 0.1) is 5.92 Å². The molecule has 2 aromatic heterocycles. The number of likely N-dealkylation sites (tertiary alicyclic amines) is 1. The third-order valence-corrected chi connectivity index (χ3v) is 5.94. The molecule has 148 valence electrons. The number of nitrogens with zero attached hydrogens (tertiary/aromatic N) is 3. The maximum absolute atomic E-state index is 12.8. The van der Waals surface area contributed by atoms with Crippen LogP contribution in [-0.4, -0.2) is 40.1 Å². The Morgan fingerprint density at radius 3 is 2.68 bits per heavy atom. The van der Waals surface area contributed by atoms with Gasteiger partial charge in [0.15, 0.2) is 4.96 Å². The molecule has 1 aromatic carbocycles. The van der Waals surface area contributed by atoms with Gasteiger partial charge >= 0.3 is 0 Å². The molecule has 0 spiro atoms. The van der Waals surface area contributed by atoms with E-state index in [0.717, 1.165) is 61.0 Å². The number of rotatable bonds is 6. The zero-order valence-electron chi connectivity index (χ0n) is 16.5. The molecule has 1 fully saturated rings. The van der Waals surface area contributed by atoms with Crippen molar-refractivity contribution in [3.8, 4) is 11.3 Å². The van der Waals surface area contributed by atoms with E-state index in [-0.39, 0.29) is 5.56 Å². The summed E-state index contributed by atoms with van der Waals surface area (Å²) in [7, 11) is 0. The molecule has 5 nitrogen and oxygen atoms in total. The predicted molar refractivity (Wildman–Crippen MR) is 114 cm³/mol. The fourth-order valence-corrected chi connectivity index (χ4v) is 4.57. The first-order valence-corrected chi connectivity index (χ1v) is 10.9. The van der Waals surface area contributed by atoms with Gasteiger partial charge in [0.05, 0.1) is 17.5 Å². The highest BCUT2D eigenvalue weighted by Gasteiger charge is 2.21. The first-order chi connectivity index (χ1) is 13.6. The summed E-state index contributed by atoms with van der Waals surface area (Å²) in [5, 5.41) is 2.01. The van der Waals surface area contributed by atoms with Crippen LogP contribution in [0.4, 0.5) is 0 Å². The van der Waals surface area contributed by atoms with E-state index in [9.17, 15) is 4.79 Å². The molecule has 4 rings (SSSR count). The first kappa shape index (κ1) is 19.3. The van der Waals surface area contributed by atoms with Crippen LogP contribution in [0.1, 0.15) is 32.4 Å². The van der Waals surface area contributed by atoms with Crippen LogP contribution in [0.15, 0.2) is 46.6 Å².